The normalized spacial score (nSPS) is 17.5. The van der Waals surface area contributed by atoms with Crippen LogP contribution in [0.2, 0.25) is 0 Å². The molecule has 1 aliphatic heterocycles. The molecular formula is C23H21N5O3S. The Morgan fingerprint density at radius 2 is 1.97 bits per heavy atom. The molecular weight excluding hydrogens is 426 g/mol. The van der Waals surface area contributed by atoms with Crippen molar-refractivity contribution >= 4 is 29.2 Å². The van der Waals surface area contributed by atoms with Crippen LogP contribution < -0.4 is 5.32 Å². The molecule has 0 saturated heterocycles. The zero-order chi connectivity index (χ0) is 22.2. The van der Waals surface area contributed by atoms with Gasteiger partial charge in [0.2, 0.25) is 11.1 Å². The number of carbonyl (C=O) groups excluding carboxylic acids is 1. The molecule has 1 aliphatic carbocycles. The predicted octanol–water partition coefficient (Wildman–Crippen LogP) is 4.81. The Hall–Kier alpha value is -3.46. The number of nitrogens with one attached hydrogen (secondary N) is 1. The summed E-state index contributed by atoms with van der Waals surface area (Å²) in [6.45, 7) is 2.05. The second kappa shape index (κ2) is 8.23. The second-order valence-electron chi connectivity index (χ2n) is 7.93. The number of aryl methyl sites for hydroxylation is 1. The topological polar surface area (TPSA) is 103 Å². The van der Waals surface area contributed by atoms with Crippen molar-refractivity contribution in [1.29, 1.82) is 0 Å². The monoisotopic (exact) mass is 447 g/mol. The van der Waals surface area contributed by atoms with Crippen LogP contribution in [0.25, 0.3) is 0 Å². The highest BCUT2D eigenvalue weighted by atomic mass is 32.2. The van der Waals surface area contributed by atoms with Gasteiger partial charge in [-0.25, -0.2) is 4.68 Å². The highest BCUT2D eigenvalue weighted by Gasteiger charge is 2.37. The van der Waals surface area contributed by atoms with Gasteiger partial charge in [-0.05, 0) is 36.5 Å². The van der Waals surface area contributed by atoms with Crippen LogP contribution in [0.5, 0.6) is 0 Å². The summed E-state index contributed by atoms with van der Waals surface area (Å²) in [6.07, 6.45) is 2.21. The first kappa shape index (κ1) is 20.4. The molecule has 5 rings (SSSR count). The molecule has 0 fully saturated rings. The first-order chi connectivity index (χ1) is 15.5. The van der Waals surface area contributed by atoms with E-state index >= 15 is 0 Å². The third-order valence-electron chi connectivity index (χ3n) is 5.85. The molecule has 1 atom stereocenters. The van der Waals surface area contributed by atoms with Gasteiger partial charge in [-0.3, -0.25) is 14.9 Å². The number of fused-ring (bicyclic) bond motifs is 1. The number of anilines is 1. The summed E-state index contributed by atoms with van der Waals surface area (Å²) in [5, 5.41) is 19.5. The number of ketones is 1. The van der Waals surface area contributed by atoms with Gasteiger partial charge in [0.05, 0.1) is 4.92 Å². The number of thioether (sulfide) groups is 1. The number of Topliss-reactive ketones (excluding diaryl/α,β-unsaturated/α-hetero) is 1. The molecule has 1 N–H and O–H groups in total. The van der Waals surface area contributed by atoms with E-state index in [9.17, 15) is 14.9 Å². The molecule has 0 spiro atoms. The van der Waals surface area contributed by atoms with Gasteiger partial charge >= 0.3 is 0 Å². The van der Waals surface area contributed by atoms with Crippen molar-refractivity contribution in [3.8, 4) is 0 Å². The molecule has 9 heteroatoms. The minimum atomic E-state index is -0.407. The van der Waals surface area contributed by atoms with E-state index in [1.54, 1.807) is 12.1 Å². The van der Waals surface area contributed by atoms with Gasteiger partial charge in [-0.15, -0.1) is 5.10 Å². The summed E-state index contributed by atoms with van der Waals surface area (Å²) in [6, 6.07) is 14.3. The Balaban J connectivity index is 1.46. The van der Waals surface area contributed by atoms with Gasteiger partial charge in [0.25, 0.3) is 5.69 Å². The number of allylic oxidation sites excluding steroid dienone is 2. The van der Waals surface area contributed by atoms with E-state index in [4.69, 9.17) is 5.10 Å². The lowest BCUT2D eigenvalue weighted by Crippen LogP contribution is -2.31. The minimum absolute atomic E-state index is 0.0703. The molecule has 2 heterocycles. The summed E-state index contributed by atoms with van der Waals surface area (Å²) in [7, 11) is 0. The summed E-state index contributed by atoms with van der Waals surface area (Å²) >= 11 is 1.46. The number of aromatic nitrogens is 3. The van der Waals surface area contributed by atoms with Gasteiger partial charge in [0.1, 0.15) is 6.04 Å². The Morgan fingerprint density at radius 3 is 2.72 bits per heavy atom. The van der Waals surface area contributed by atoms with E-state index in [2.05, 4.69) is 10.3 Å². The summed E-state index contributed by atoms with van der Waals surface area (Å²) in [4.78, 5) is 28.0. The molecule has 32 heavy (non-hydrogen) atoms. The van der Waals surface area contributed by atoms with Crippen molar-refractivity contribution in [3.05, 3.63) is 86.6 Å². The van der Waals surface area contributed by atoms with Crippen molar-refractivity contribution in [2.75, 3.05) is 5.32 Å². The van der Waals surface area contributed by atoms with E-state index in [1.807, 2.05) is 35.9 Å². The van der Waals surface area contributed by atoms with E-state index < -0.39 is 4.92 Å². The Morgan fingerprint density at radius 1 is 1.19 bits per heavy atom. The van der Waals surface area contributed by atoms with Gasteiger partial charge in [-0.2, -0.15) is 4.98 Å². The lowest BCUT2D eigenvalue weighted by molar-refractivity contribution is -0.384. The van der Waals surface area contributed by atoms with Crippen LogP contribution >= 0.6 is 11.8 Å². The Kier molecular flexibility index (Phi) is 5.26. The van der Waals surface area contributed by atoms with Crippen LogP contribution in [-0.2, 0) is 10.5 Å². The van der Waals surface area contributed by atoms with Gasteiger partial charge < -0.3 is 5.32 Å². The van der Waals surface area contributed by atoms with Crippen molar-refractivity contribution < 1.29 is 9.72 Å². The van der Waals surface area contributed by atoms with Crippen molar-refractivity contribution in [2.24, 2.45) is 0 Å². The predicted molar refractivity (Wildman–Crippen MR) is 122 cm³/mol. The molecule has 2 aliphatic rings. The van der Waals surface area contributed by atoms with Crippen LogP contribution in [0.1, 0.15) is 42.0 Å². The Labute approximate surface area is 188 Å². The molecule has 0 bridgehead atoms. The van der Waals surface area contributed by atoms with Crippen LogP contribution in [0, 0.1) is 17.0 Å². The highest BCUT2D eigenvalue weighted by molar-refractivity contribution is 7.98. The molecule has 0 saturated carbocycles. The number of non-ortho nitro benzene ring substituents is 1. The molecule has 2 aromatic carbocycles. The third kappa shape index (κ3) is 3.69. The number of nitro benzene ring substituents is 1. The zero-order valence-corrected chi connectivity index (χ0v) is 18.3. The van der Waals surface area contributed by atoms with E-state index in [-0.39, 0.29) is 17.5 Å². The molecule has 8 nitrogen and oxygen atoms in total. The molecule has 162 valence electrons. The number of hydrogen-bond acceptors (Lipinski definition) is 7. The Bertz CT molecular complexity index is 1250. The average Bonchev–Trinajstić information content (AvgIpc) is 3.20. The fourth-order valence-electron chi connectivity index (χ4n) is 4.24. The quantitative estimate of drug-likeness (QED) is 0.340. The lowest BCUT2D eigenvalue weighted by Gasteiger charge is -2.32. The van der Waals surface area contributed by atoms with E-state index in [0.29, 0.717) is 23.3 Å². The van der Waals surface area contributed by atoms with Gasteiger partial charge in [-0.1, -0.05) is 48.2 Å². The smallest absolute Gasteiger partial charge is 0.269 e. The molecule has 1 aromatic heterocycles. The van der Waals surface area contributed by atoms with Crippen LogP contribution in [0.4, 0.5) is 11.6 Å². The SMILES string of the molecule is Cc1ccccc1[C@@H]1C2=C(CCCC2=O)Nc2nc(SCc3ccc([N+](=O)[O-])cc3)nn21. The van der Waals surface area contributed by atoms with Crippen molar-refractivity contribution in [2.45, 2.75) is 43.1 Å². The second-order valence-corrected chi connectivity index (χ2v) is 8.87. The number of nitro groups is 1. The number of nitrogens with zero attached hydrogens (tertiary/aromatic N) is 4. The van der Waals surface area contributed by atoms with Gasteiger partial charge in [0.15, 0.2) is 5.78 Å². The maximum absolute atomic E-state index is 12.9. The number of hydrogen-bond donors (Lipinski definition) is 1. The van der Waals surface area contributed by atoms with Crippen LogP contribution in [0.3, 0.4) is 0 Å². The first-order valence-electron chi connectivity index (χ1n) is 10.4. The third-order valence-corrected chi connectivity index (χ3v) is 6.76. The lowest BCUT2D eigenvalue weighted by atomic mass is 9.84. The van der Waals surface area contributed by atoms with Crippen LogP contribution in [-0.4, -0.2) is 25.5 Å². The number of rotatable bonds is 5. The summed E-state index contributed by atoms with van der Waals surface area (Å²) in [5.41, 5.74) is 4.91. The fourth-order valence-corrected chi connectivity index (χ4v) is 5.03. The zero-order valence-electron chi connectivity index (χ0n) is 17.4. The minimum Gasteiger partial charge on any atom is -0.328 e. The summed E-state index contributed by atoms with van der Waals surface area (Å²) in [5.74, 6) is 1.38. The maximum atomic E-state index is 12.9. The number of benzene rings is 2. The largest absolute Gasteiger partial charge is 0.328 e. The van der Waals surface area contributed by atoms with Crippen molar-refractivity contribution in [3.63, 3.8) is 0 Å². The average molecular weight is 448 g/mol. The molecule has 0 amide bonds. The van der Waals surface area contributed by atoms with Crippen molar-refractivity contribution in [1.82, 2.24) is 14.8 Å². The molecule has 0 radical (unpaired) electrons. The summed E-state index contributed by atoms with van der Waals surface area (Å²) < 4.78 is 1.82. The standard InChI is InChI=1S/C23H21N5O3S/c1-14-5-2-3-6-17(14)21-20-18(7-4-8-19(20)29)24-22-25-23(26-27(21)22)32-13-15-9-11-16(12-10-15)28(30)31/h2-3,5-6,9-12,21H,4,7-8,13H2,1H3,(H,24,25,26)/t21-/m1/s1. The number of carbonyl (C=O) groups is 1. The maximum Gasteiger partial charge on any atom is 0.269 e. The van der Waals surface area contributed by atoms with Crippen LogP contribution in [0.15, 0.2) is 65.0 Å². The van der Waals surface area contributed by atoms with E-state index in [0.717, 1.165) is 40.8 Å². The first-order valence-corrected chi connectivity index (χ1v) is 11.4. The highest BCUT2D eigenvalue weighted by Crippen LogP contribution is 2.41. The van der Waals surface area contributed by atoms with Gasteiger partial charge in [0, 0.05) is 35.6 Å². The molecule has 3 aromatic rings. The molecule has 0 unspecified atom stereocenters. The van der Waals surface area contributed by atoms with E-state index in [1.165, 1.54) is 23.9 Å². The fraction of sp³-hybridized carbons (Fsp3) is 0.261.